The number of hydrogen-bond acceptors (Lipinski definition) is 5. The Labute approximate surface area is 335 Å². The monoisotopic (exact) mass is 888 g/mol. The van der Waals surface area contributed by atoms with Crippen molar-refractivity contribution in [1.82, 2.24) is 24.9 Å². The van der Waals surface area contributed by atoms with Crippen LogP contribution in [0.15, 0.2) is 152 Å². The van der Waals surface area contributed by atoms with E-state index in [4.69, 9.17) is 9.97 Å². The van der Waals surface area contributed by atoms with Crippen LogP contribution in [0.3, 0.4) is 0 Å². The number of aromatic nitrogens is 5. The molecule has 0 bridgehead atoms. The van der Waals surface area contributed by atoms with Gasteiger partial charge in [-0.15, -0.1) is 59.2 Å². The van der Waals surface area contributed by atoms with E-state index in [1.54, 1.807) is 0 Å². The number of fused-ring (bicyclic) bond motifs is 3. The predicted molar refractivity (Wildman–Crippen MR) is 221 cm³/mol. The molecule has 0 aliphatic heterocycles. The summed E-state index contributed by atoms with van der Waals surface area (Å²) in [5.74, 6) is 0. The van der Waals surface area contributed by atoms with Crippen molar-refractivity contribution in [2.24, 2.45) is 0 Å². The maximum atomic E-state index is 5.10. The van der Waals surface area contributed by atoms with E-state index in [0.29, 0.717) is 0 Å². The van der Waals surface area contributed by atoms with Crippen LogP contribution in [-0.4, -0.2) is 24.9 Å². The Kier molecular flexibility index (Phi) is 11.1. The first-order valence-corrected chi connectivity index (χ1v) is 18.0. The molecule has 0 amide bonds. The summed E-state index contributed by atoms with van der Waals surface area (Å²) in [5.41, 5.74) is 15.5. The number of nitrogens with zero attached hydrogens (tertiary/aromatic N) is 5. The number of pyridine rings is 3. The normalized spacial score (nSPS) is 10.8. The second kappa shape index (κ2) is 16.4. The molecule has 0 saturated heterocycles. The van der Waals surface area contributed by atoms with Gasteiger partial charge in [0.25, 0.3) is 0 Å². The van der Waals surface area contributed by atoms with Gasteiger partial charge in [0.2, 0.25) is 0 Å². The van der Waals surface area contributed by atoms with Gasteiger partial charge in [-0.3, -0.25) is 9.97 Å². The molecule has 0 N–H and O–H groups in total. The summed E-state index contributed by atoms with van der Waals surface area (Å²) >= 11 is 0. The summed E-state index contributed by atoms with van der Waals surface area (Å²) in [7, 11) is 0. The molecule has 4 aromatic heterocycles. The van der Waals surface area contributed by atoms with Crippen molar-refractivity contribution in [2.75, 3.05) is 0 Å². The topological polar surface area (TPSA) is 64.5 Å². The first kappa shape index (κ1) is 37.1. The molecule has 9 rings (SSSR count). The van der Waals surface area contributed by atoms with E-state index in [2.05, 4.69) is 115 Å². The average Bonchev–Trinajstić information content (AvgIpc) is 3.22. The molecule has 55 heavy (non-hydrogen) atoms. The molecule has 1 radical (unpaired) electrons. The van der Waals surface area contributed by atoms with Crippen molar-refractivity contribution in [2.45, 2.75) is 27.7 Å². The predicted octanol–water partition coefficient (Wildman–Crippen LogP) is 11.8. The molecule has 0 aliphatic rings. The molecule has 9 aromatic rings. The molecule has 0 aliphatic carbocycles. The van der Waals surface area contributed by atoms with Crippen LogP contribution in [0.5, 0.6) is 0 Å². The fourth-order valence-electron chi connectivity index (χ4n) is 6.77. The number of hydrogen-bond donors (Lipinski definition) is 0. The van der Waals surface area contributed by atoms with Gasteiger partial charge in [-0.25, -0.2) is 4.98 Å². The number of aryl methyl sites for hydroxylation is 4. The molecule has 0 fully saturated rings. The van der Waals surface area contributed by atoms with Crippen LogP contribution >= 0.6 is 0 Å². The molecular weight excluding hydrogens is 851 g/mol. The van der Waals surface area contributed by atoms with Crippen LogP contribution in [-0.2, 0) is 20.1 Å². The molecule has 6 heteroatoms. The first-order chi connectivity index (χ1) is 26.4. The summed E-state index contributed by atoms with van der Waals surface area (Å²) < 4.78 is 0. The zero-order valence-corrected chi connectivity index (χ0v) is 33.4. The van der Waals surface area contributed by atoms with Gasteiger partial charge >= 0.3 is 0 Å². The molecule has 269 valence electrons. The largest absolute Gasteiger partial charge is 0.305 e. The Balaban J connectivity index is 0.000000206. The minimum Gasteiger partial charge on any atom is -0.305 e. The summed E-state index contributed by atoms with van der Waals surface area (Å²) in [6, 6.07) is 48.1. The summed E-state index contributed by atoms with van der Waals surface area (Å²) in [5, 5.41) is 3.49. The third kappa shape index (κ3) is 8.02. The van der Waals surface area contributed by atoms with E-state index in [9.17, 15) is 0 Å². The fraction of sp³-hybridized carbons (Fsp3) is 0.0816. The van der Waals surface area contributed by atoms with Gasteiger partial charge in [-0.2, -0.15) is 0 Å². The minimum absolute atomic E-state index is 0. The van der Waals surface area contributed by atoms with E-state index in [1.165, 1.54) is 22.1 Å². The Morgan fingerprint density at radius 1 is 0.491 bits per heavy atom. The fourth-order valence-corrected chi connectivity index (χ4v) is 6.77. The molecule has 5 aromatic carbocycles. The quantitative estimate of drug-likeness (QED) is 0.127. The van der Waals surface area contributed by atoms with Crippen LogP contribution in [0, 0.1) is 39.8 Å². The van der Waals surface area contributed by atoms with Gasteiger partial charge in [0, 0.05) is 49.6 Å². The average molecular weight is 888 g/mol. The van der Waals surface area contributed by atoms with Crippen LogP contribution < -0.4 is 0 Å². The molecule has 0 atom stereocenters. The summed E-state index contributed by atoms with van der Waals surface area (Å²) in [4.78, 5) is 23.4. The molecular formula is C49H37IrN5-2. The van der Waals surface area contributed by atoms with Crippen LogP contribution in [0.1, 0.15) is 22.3 Å². The molecule has 0 saturated carbocycles. The van der Waals surface area contributed by atoms with Crippen molar-refractivity contribution in [1.29, 1.82) is 0 Å². The molecule has 0 spiro atoms. The van der Waals surface area contributed by atoms with Crippen LogP contribution in [0.2, 0.25) is 0 Å². The Morgan fingerprint density at radius 2 is 1.25 bits per heavy atom. The maximum absolute atomic E-state index is 5.10. The van der Waals surface area contributed by atoms with E-state index in [0.717, 1.165) is 78.0 Å². The zero-order valence-electron chi connectivity index (χ0n) is 31.0. The van der Waals surface area contributed by atoms with Crippen LogP contribution in [0.4, 0.5) is 0 Å². The second-order valence-electron chi connectivity index (χ2n) is 13.5. The third-order valence-corrected chi connectivity index (χ3v) is 9.49. The smallest absolute Gasteiger partial charge is 0.0899 e. The number of benzene rings is 5. The van der Waals surface area contributed by atoms with E-state index < -0.39 is 0 Å². The Morgan fingerprint density at radius 3 is 2.05 bits per heavy atom. The Bertz CT molecular complexity index is 2710. The van der Waals surface area contributed by atoms with Crippen molar-refractivity contribution in [3.63, 3.8) is 0 Å². The van der Waals surface area contributed by atoms with Gasteiger partial charge < -0.3 is 9.97 Å². The van der Waals surface area contributed by atoms with Gasteiger partial charge in [0.1, 0.15) is 0 Å². The van der Waals surface area contributed by atoms with E-state index >= 15 is 0 Å². The van der Waals surface area contributed by atoms with Crippen molar-refractivity contribution in [3.8, 4) is 56.2 Å². The van der Waals surface area contributed by atoms with Gasteiger partial charge in [-0.05, 0) is 72.8 Å². The molecule has 4 heterocycles. The molecule has 0 unspecified atom stereocenters. The minimum atomic E-state index is 0. The van der Waals surface area contributed by atoms with Gasteiger partial charge in [0.15, 0.2) is 0 Å². The van der Waals surface area contributed by atoms with E-state index in [-0.39, 0.29) is 20.1 Å². The SMILES string of the molecule is Cc1ccnc(-c2[c-]cc(C)c(-c3cncc(-c4cc5ncc(C)cc5c5cc(C)ccc45)n3)c2)c1.[Ir].[c-]1cccc(-c2ccccc2)c1-c1ccccn1. The van der Waals surface area contributed by atoms with Crippen molar-refractivity contribution < 1.29 is 20.1 Å². The zero-order chi connectivity index (χ0) is 37.0. The van der Waals surface area contributed by atoms with Crippen molar-refractivity contribution >= 4 is 21.7 Å². The molecule has 5 nitrogen and oxygen atoms in total. The van der Waals surface area contributed by atoms with Gasteiger partial charge in [-0.1, -0.05) is 101 Å². The second-order valence-corrected chi connectivity index (χ2v) is 13.5. The number of rotatable bonds is 5. The first-order valence-electron chi connectivity index (χ1n) is 18.0. The summed E-state index contributed by atoms with van der Waals surface area (Å²) in [6.45, 7) is 8.35. The van der Waals surface area contributed by atoms with Gasteiger partial charge in [0.05, 0.1) is 29.3 Å². The van der Waals surface area contributed by atoms with Crippen molar-refractivity contribution in [3.05, 3.63) is 187 Å². The summed E-state index contributed by atoms with van der Waals surface area (Å²) in [6.07, 6.45) is 9.23. The standard InChI is InChI=1S/C32H25N4.C17H12N.Ir/c1-19-5-8-24-26(11-19)27-12-21(3)16-35-30(27)15-28(24)32-18-33-17-31(36-32)25-14-23(7-6-22(25)4)29-13-20(2)9-10-34-29;1-2-8-14(9-3-1)15-10-4-5-11-16(15)17-12-6-7-13-18-17;/h5-6,8-18H,1-4H3;1-10,12-13H;/q2*-1;. The van der Waals surface area contributed by atoms with E-state index in [1.807, 2.05) is 91.6 Å². The third-order valence-electron chi connectivity index (χ3n) is 9.49. The Hall–Kier alpha value is -6.20. The van der Waals surface area contributed by atoms with Crippen LogP contribution in [0.25, 0.3) is 77.8 Å². The maximum Gasteiger partial charge on any atom is 0.0899 e.